The molecule has 1 saturated carbocycles. The molecule has 4 aromatic rings. The number of halogens is 1. The lowest BCUT2D eigenvalue weighted by molar-refractivity contribution is 0.0976. The molecule has 0 atom stereocenters. The second-order valence-electron chi connectivity index (χ2n) is 8.26. The summed E-state index contributed by atoms with van der Waals surface area (Å²) in [5, 5.41) is 8.12. The quantitative estimate of drug-likeness (QED) is 0.365. The van der Waals surface area contributed by atoms with Gasteiger partial charge in [0.05, 0.1) is 5.69 Å². The molecule has 0 radical (unpaired) electrons. The predicted octanol–water partition coefficient (Wildman–Crippen LogP) is 5.65. The Morgan fingerprint density at radius 1 is 1.06 bits per heavy atom. The molecule has 1 heterocycles. The first-order valence-corrected chi connectivity index (χ1v) is 10.4. The van der Waals surface area contributed by atoms with Gasteiger partial charge in [0.1, 0.15) is 11.3 Å². The van der Waals surface area contributed by atoms with Gasteiger partial charge in [-0.05, 0) is 76.1 Å². The number of nitrogens with zero attached hydrogens (tertiary/aromatic N) is 3. The Balaban J connectivity index is 1.49. The molecule has 156 valence electrons. The Kier molecular flexibility index (Phi) is 4.98. The lowest BCUT2D eigenvalue weighted by Gasteiger charge is -2.20. The summed E-state index contributed by atoms with van der Waals surface area (Å²) in [6, 6.07) is 18.1. The second-order valence-corrected chi connectivity index (χ2v) is 8.26. The molecule has 1 fully saturated rings. The highest BCUT2D eigenvalue weighted by atomic mass is 19.1. The second kappa shape index (κ2) is 7.95. The summed E-state index contributed by atoms with van der Waals surface area (Å²) in [5.74, 6) is 0.496. The number of rotatable bonds is 7. The topological polar surface area (TPSA) is 59.2 Å². The van der Waals surface area contributed by atoms with Crippen molar-refractivity contribution in [2.24, 2.45) is 5.92 Å². The van der Waals surface area contributed by atoms with Gasteiger partial charge < -0.3 is 4.90 Å². The number of hydrogen-bond acceptors (Lipinski definition) is 5. The minimum atomic E-state index is -0.257. The van der Waals surface area contributed by atoms with Crippen LogP contribution in [-0.4, -0.2) is 23.1 Å². The van der Waals surface area contributed by atoms with Crippen LogP contribution in [0.25, 0.3) is 22.2 Å². The van der Waals surface area contributed by atoms with E-state index >= 15 is 0 Å². The van der Waals surface area contributed by atoms with Gasteiger partial charge >= 0.3 is 0 Å². The number of benzene rings is 3. The number of hydrogen-bond donors (Lipinski definition) is 0. The summed E-state index contributed by atoms with van der Waals surface area (Å²) >= 11 is 0. The summed E-state index contributed by atoms with van der Waals surface area (Å²) in [4.78, 5) is 14.6. The first kappa shape index (κ1) is 19.4. The van der Waals surface area contributed by atoms with Crippen molar-refractivity contribution < 1.29 is 13.8 Å². The summed E-state index contributed by atoms with van der Waals surface area (Å²) in [6.07, 6.45) is 2.94. The fourth-order valence-electron chi connectivity index (χ4n) is 3.85. The Hall–Kier alpha value is -3.54. The van der Waals surface area contributed by atoms with E-state index in [9.17, 15) is 9.18 Å². The Morgan fingerprint density at radius 3 is 2.65 bits per heavy atom. The predicted molar refractivity (Wildman–Crippen MR) is 117 cm³/mol. The van der Waals surface area contributed by atoms with Crippen molar-refractivity contribution >= 4 is 22.5 Å². The van der Waals surface area contributed by atoms with Crippen LogP contribution in [0.5, 0.6) is 0 Å². The van der Waals surface area contributed by atoms with E-state index in [2.05, 4.69) is 10.3 Å². The Morgan fingerprint density at radius 2 is 1.87 bits per heavy atom. The highest BCUT2D eigenvalue weighted by Crippen LogP contribution is 2.35. The highest BCUT2D eigenvalue weighted by Gasteiger charge is 2.25. The average molecular weight is 415 g/mol. The molecule has 0 saturated heterocycles. The number of fused-ring (bicyclic) bond motifs is 1. The minimum Gasteiger partial charge on any atom is -0.368 e. The molecule has 0 unspecified atom stereocenters. The number of ketones is 1. The maximum atomic E-state index is 13.2. The van der Waals surface area contributed by atoms with Gasteiger partial charge in [0, 0.05) is 25.6 Å². The van der Waals surface area contributed by atoms with Crippen LogP contribution < -0.4 is 4.90 Å². The van der Waals surface area contributed by atoms with Crippen LogP contribution in [0, 0.1) is 11.7 Å². The monoisotopic (exact) mass is 415 g/mol. The van der Waals surface area contributed by atoms with E-state index in [-0.39, 0.29) is 11.6 Å². The van der Waals surface area contributed by atoms with Crippen molar-refractivity contribution in [1.29, 1.82) is 0 Å². The molecule has 0 aliphatic heterocycles. The van der Waals surface area contributed by atoms with Crippen molar-refractivity contribution in [2.75, 3.05) is 11.9 Å². The van der Waals surface area contributed by atoms with Crippen LogP contribution >= 0.6 is 0 Å². The van der Waals surface area contributed by atoms with E-state index in [4.69, 9.17) is 4.63 Å². The molecule has 0 amide bonds. The lowest BCUT2D eigenvalue weighted by Crippen LogP contribution is -2.17. The van der Waals surface area contributed by atoms with E-state index in [1.807, 2.05) is 48.3 Å². The molecule has 1 aliphatic carbocycles. The Bertz CT molecular complexity index is 1250. The molecule has 3 aromatic carbocycles. The van der Waals surface area contributed by atoms with Crippen LogP contribution in [0.2, 0.25) is 0 Å². The van der Waals surface area contributed by atoms with Gasteiger partial charge in [0.2, 0.25) is 0 Å². The van der Waals surface area contributed by atoms with Gasteiger partial charge in [-0.25, -0.2) is 9.02 Å². The average Bonchev–Trinajstić information content (AvgIpc) is 3.47. The van der Waals surface area contributed by atoms with Crippen LogP contribution in [0.4, 0.5) is 10.1 Å². The van der Waals surface area contributed by atoms with Crippen molar-refractivity contribution in [3.63, 3.8) is 0 Å². The van der Waals surface area contributed by atoms with E-state index in [1.54, 1.807) is 12.1 Å². The third kappa shape index (κ3) is 4.19. The Labute approximate surface area is 179 Å². The molecule has 5 nitrogen and oxygen atoms in total. The van der Waals surface area contributed by atoms with Crippen LogP contribution in [-0.2, 0) is 6.54 Å². The summed E-state index contributed by atoms with van der Waals surface area (Å²) < 4.78 is 18.2. The zero-order valence-corrected chi connectivity index (χ0v) is 17.2. The maximum absolute atomic E-state index is 13.2. The zero-order chi connectivity index (χ0) is 21.4. The first-order chi connectivity index (χ1) is 15.1. The molecule has 1 aromatic heterocycles. The van der Waals surface area contributed by atoms with E-state index < -0.39 is 0 Å². The fourth-order valence-corrected chi connectivity index (χ4v) is 3.85. The summed E-state index contributed by atoms with van der Waals surface area (Å²) in [6.45, 7) is 0.575. The molecule has 1 aliphatic rings. The van der Waals surface area contributed by atoms with Crippen molar-refractivity contribution in [3.8, 4) is 11.1 Å². The van der Waals surface area contributed by atoms with Crippen molar-refractivity contribution in [3.05, 3.63) is 77.6 Å². The fraction of sp³-hybridized carbons (Fsp3) is 0.240. The van der Waals surface area contributed by atoms with Gasteiger partial charge in [-0.1, -0.05) is 30.3 Å². The number of carbonyl (C=O) groups is 1. The SMILES string of the molecule is CN(Cc1ccc(F)cc1)c1cc(-c2cccc(C(=O)CC3CC3)c2)cc2nonc12. The van der Waals surface area contributed by atoms with E-state index in [1.165, 1.54) is 12.1 Å². The molecule has 5 rings (SSSR count). The first-order valence-electron chi connectivity index (χ1n) is 10.4. The third-order valence-electron chi connectivity index (χ3n) is 5.77. The third-order valence-corrected chi connectivity index (χ3v) is 5.77. The lowest BCUT2D eigenvalue weighted by atomic mass is 9.98. The van der Waals surface area contributed by atoms with Gasteiger partial charge in [0.15, 0.2) is 11.3 Å². The van der Waals surface area contributed by atoms with Gasteiger partial charge in [-0.15, -0.1) is 0 Å². The maximum Gasteiger partial charge on any atom is 0.163 e. The highest BCUT2D eigenvalue weighted by molar-refractivity contribution is 5.98. The molecule has 0 spiro atoms. The van der Waals surface area contributed by atoms with Crippen LogP contribution in [0.1, 0.15) is 35.2 Å². The molecule has 0 bridgehead atoms. The van der Waals surface area contributed by atoms with Gasteiger partial charge in [-0.3, -0.25) is 4.79 Å². The van der Waals surface area contributed by atoms with Crippen LogP contribution in [0.15, 0.2) is 65.3 Å². The molecular formula is C25H22FN3O2. The number of carbonyl (C=O) groups excluding carboxylic acids is 1. The van der Waals surface area contributed by atoms with E-state index in [0.29, 0.717) is 29.9 Å². The minimum absolute atomic E-state index is 0.196. The smallest absolute Gasteiger partial charge is 0.163 e. The number of Topliss-reactive ketones (excluding diaryl/α,β-unsaturated/α-hetero) is 1. The normalized spacial score (nSPS) is 13.5. The van der Waals surface area contributed by atoms with Crippen molar-refractivity contribution in [2.45, 2.75) is 25.8 Å². The summed E-state index contributed by atoms with van der Waals surface area (Å²) in [5.41, 5.74) is 5.76. The summed E-state index contributed by atoms with van der Waals surface area (Å²) in [7, 11) is 1.95. The largest absolute Gasteiger partial charge is 0.368 e. The zero-order valence-electron chi connectivity index (χ0n) is 17.2. The molecule has 31 heavy (non-hydrogen) atoms. The number of aromatic nitrogens is 2. The molecule has 0 N–H and O–H groups in total. The molecule has 6 heteroatoms. The van der Waals surface area contributed by atoms with Crippen LogP contribution in [0.3, 0.4) is 0 Å². The molecular weight excluding hydrogens is 393 g/mol. The van der Waals surface area contributed by atoms with Crippen molar-refractivity contribution in [1.82, 2.24) is 10.3 Å². The van der Waals surface area contributed by atoms with E-state index in [0.717, 1.165) is 40.8 Å². The standard InChI is InChI=1S/C25H22FN3O2/c1-29(15-17-7-9-21(26)10-8-17)23-14-20(13-22-25(23)28-31-27-22)18-3-2-4-19(12-18)24(30)11-16-5-6-16/h2-4,7-10,12-14,16H,5-6,11,15H2,1H3. The van der Waals surface area contributed by atoms with Gasteiger partial charge in [-0.2, -0.15) is 0 Å². The number of anilines is 1. The van der Waals surface area contributed by atoms with Gasteiger partial charge in [0.25, 0.3) is 0 Å².